The van der Waals surface area contributed by atoms with Gasteiger partial charge >= 0.3 is 0 Å². The number of carbonyl (C=O) groups is 1. The van der Waals surface area contributed by atoms with E-state index in [1.807, 2.05) is 0 Å². The lowest BCUT2D eigenvalue weighted by molar-refractivity contribution is 0.100. The molecule has 1 aliphatic carbocycles. The minimum Gasteiger partial charge on any atom is -0.396 e. The van der Waals surface area contributed by atoms with E-state index in [4.69, 9.17) is 22.4 Å². The van der Waals surface area contributed by atoms with Gasteiger partial charge in [0.05, 0.1) is 5.56 Å². The molecule has 0 radical (unpaired) electrons. The first-order chi connectivity index (χ1) is 8.56. The molecular formula is C11H15ClN4O2. The Morgan fingerprint density at radius 2 is 2.28 bits per heavy atom. The molecule has 1 fully saturated rings. The topological polar surface area (TPSA) is 101 Å². The summed E-state index contributed by atoms with van der Waals surface area (Å²) in [6.45, 7) is 0.806. The van der Waals surface area contributed by atoms with Crippen LogP contribution in [0.5, 0.6) is 0 Å². The van der Waals surface area contributed by atoms with E-state index in [9.17, 15) is 4.79 Å². The van der Waals surface area contributed by atoms with Gasteiger partial charge in [0.2, 0.25) is 0 Å². The predicted molar refractivity (Wildman–Crippen MR) is 67.4 cm³/mol. The average Bonchev–Trinajstić information content (AvgIpc) is 3.08. The van der Waals surface area contributed by atoms with Crippen LogP contribution in [0.3, 0.4) is 0 Å². The molecular weight excluding hydrogens is 256 g/mol. The second-order valence-corrected chi connectivity index (χ2v) is 5.01. The van der Waals surface area contributed by atoms with Crippen molar-refractivity contribution < 1.29 is 9.90 Å². The third-order valence-corrected chi connectivity index (χ3v) is 3.44. The van der Waals surface area contributed by atoms with Crippen molar-refractivity contribution in [1.82, 2.24) is 10.2 Å². The normalized spacial score (nSPS) is 16.3. The van der Waals surface area contributed by atoms with E-state index in [1.165, 1.54) is 6.07 Å². The van der Waals surface area contributed by atoms with Crippen molar-refractivity contribution in [2.75, 3.05) is 18.5 Å². The van der Waals surface area contributed by atoms with Gasteiger partial charge in [0, 0.05) is 13.2 Å². The Bertz CT molecular complexity index is 462. The summed E-state index contributed by atoms with van der Waals surface area (Å²) in [6, 6.07) is 1.39. The summed E-state index contributed by atoms with van der Waals surface area (Å²) < 4.78 is 0. The van der Waals surface area contributed by atoms with Gasteiger partial charge in [-0.2, -0.15) is 0 Å². The molecule has 6 nitrogen and oxygen atoms in total. The molecule has 1 heterocycles. The van der Waals surface area contributed by atoms with Gasteiger partial charge in [-0.25, -0.2) is 0 Å². The molecule has 18 heavy (non-hydrogen) atoms. The molecule has 1 amide bonds. The van der Waals surface area contributed by atoms with E-state index in [0.717, 1.165) is 19.3 Å². The lowest BCUT2D eigenvalue weighted by Crippen LogP contribution is -2.21. The first-order valence-corrected chi connectivity index (χ1v) is 6.12. The molecule has 0 unspecified atom stereocenters. The molecule has 1 saturated carbocycles. The summed E-state index contributed by atoms with van der Waals surface area (Å²) in [6.07, 6.45) is 2.87. The molecule has 0 aliphatic heterocycles. The van der Waals surface area contributed by atoms with E-state index in [-0.39, 0.29) is 22.7 Å². The molecule has 0 atom stereocenters. The van der Waals surface area contributed by atoms with Gasteiger partial charge in [-0.1, -0.05) is 11.6 Å². The quantitative estimate of drug-likeness (QED) is 0.710. The highest BCUT2D eigenvalue weighted by molar-refractivity contribution is 6.29. The smallest absolute Gasteiger partial charge is 0.252 e. The standard InChI is InChI=1S/C11H15ClN4O2/c12-8-5-7(9(13)18)10(16-15-8)14-6-11(1-2-11)3-4-17/h5,17H,1-4,6H2,(H2,13,18)(H,14,16). The van der Waals surface area contributed by atoms with Crippen molar-refractivity contribution in [3.05, 3.63) is 16.8 Å². The minimum absolute atomic E-state index is 0.116. The SMILES string of the molecule is NC(=O)c1cc(Cl)nnc1NCC1(CCO)CC1. The Kier molecular flexibility index (Phi) is 3.68. The van der Waals surface area contributed by atoms with E-state index in [2.05, 4.69) is 15.5 Å². The maximum atomic E-state index is 11.3. The Hall–Kier alpha value is -1.40. The zero-order valence-corrected chi connectivity index (χ0v) is 10.6. The monoisotopic (exact) mass is 270 g/mol. The Morgan fingerprint density at radius 1 is 1.56 bits per heavy atom. The van der Waals surface area contributed by atoms with Crippen molar-refractivity contribution in [2.45, 2.75) is 19.3 Å². The number of nitrogens with zero attached hydrogens (tertiary/aromatic N) is 2. The van der Waals surface area contributed by atoms with Gasteiger partial charge in [-0.15, -0.1) is 10.2 Å². The number of aliphatic hydroxyl groups is 1. The van der Waals surface area contributed by atoms with Crippen LogP contribution in [0.1, 0.15) is 29.6 Å². The van der Waals surface area contributed by atoms with Crippen molar-refractivity contribution in [2.24, 2.45) is 11.1 Å². The number of rotatable bonds is 6. The molecule has 0 saturated heterocycles. The Balaban J connectivity index is 2.07. The number of aromatic nitrogens is 2. The largest absolute Gasteiger partial charge is 0.396 e. The van der Waals surface area contributed by atoms with Gasteiger partial charge in [-0.05, 0) is 30.7 Å². The van der Waals surface area contributed by atoms with Crippen LogP contribution in [-0.2, 0) is 0 Å². The number of nitrogens with two attached hydrogens (primary N) is 1. The molecule has 1 aliphatic rings. The number of hydrogen-bond donors (Lipinski definition) is 3. The summed E-state index contributed by atoms with van der Waals surface area (Å²) in [5, 5.41) is 19.7. The van der Waals surface area contributed by atoms with Gasteiger partial charge < -0.3 is 16.2 Å². The number of halogens is 1. The summed E-state index contributed by atoms with van der Waals surface area (Å²) in [4.78, 5) is 11.3. The van der Waals surface area contributed by atoms with Gasteiger partial charge in [0.15, 0.2) is 11.0 Å². The predicted octanol–water partition coefficient (Wildman–Crippen LogP) is 0.803. The van der Waals surface area contributed by atoms with Gasteiger partial charge in [0.25, 0.3) is 5.91 Å². The molecule has 7 heteroatoms. The van der Waals surface area contributed by atoms with Crippen LogP contribution in [0.4, 0.5) is 5.82 Å². The maximum absolute atomic E-state index is 11.3. The van der Waals surface area contributed by atoms with E-state index in [1.54, 1.807) is 0 Å². The molecule has 1 aromatic heterocycles. The molecule has 0 bridgehead atoms. The zero-order chi connectivity index (χ0) is 13.2. The number of primary amides is 1. The van der Waals surface area contributed by atoms with Crippen LogP contribution >= 0.6 is 11.6 Å². The average molecular weight is 271 g/mol. The fraction of sp³-hybridized carbons (Fsp3) is 0.545. The molecule has 98 valence electrons. The highest BCUT2D eigenvalue weighted by Crippen LogP contribution is 2.48. The van der Waals surface area contributed by atoms with Crippen molar-refractivity contribution >= 4 is 23.3 Å². The molecule has 0 spiro atoms. The highest BCUT2D eigenvalue weighted by Gasteiger charge is 2.41. The van der Waals surface area contributed by atoms with Crippen LogP contribution in [0.25, 0.3) is 0 Å². The number of anilines is 1. The molecule has 0 aromatic carbocycles. The second kappa shape index (κ2) is 5.07. The minimum atomic E-state index is -0.596. The zero-order valence-electron chi connectivity index (χ0n) is 9.82. The molecule has 2 rings (SSSR count). The van der Waals surface area contributed by atoms with E-state index < -0.39 is 5.91 Å². The van der Waals surface area contributed by atoms with Crippen molar-refractivity contribution in [3.63, 3.8) is 0 Å². The second-order valence-electron chi connectivity index (χ2n) is 4.62. The van der Waals surface area contributed by atoms with Crippen LogP contribution in [0, 0.1) is 5.41 Å². The van der Waals surface area contributed by atoms with Crippen LogP contribution in [0.15, 0.2) is 6.07 Å². The number of aliphatic hydroxyl groups excluding tert-OH is 1. The summed E-state index contributed by atoms with van der Waals surface area (Å²) in [7, 11) is 0. The maximum Gasteiger partial charge on any atom is 0.252 e. The lowest BCUT2D eigenvalue weighted by Gasteiger charge is -2.15. The molecule has 4 N–H and O–H groups in total. The fourth-order valence-electron chi connectivity index (χ4n) is 1.89. The first-order valence-electron chi connectivity index (χ1n) is 5.74. The third-order valence-electron chi connectivity index (χ3n) is 3.26. The van der Waals surface area contributed by atoms with Crippen LogP contribution in [0.2, 0.25) is 5.15 Å². The Morgan fingerprint density at radius 3 is 2.83 bits per heavy atom. The van der Waals surface area contributed by atoms with Gasteiger partial charge in [-0.3, -0.25) is 4.79 Å². The summed E-state index contributed by atoms with van der Waals surface area (Å²) in [5.74, 6) is -0.252. The lowest BCUT2D eigenvalue weighted by atomic mass is 10.0. The third kappa shape index (κ3) is 2.88. The number of nitrogens with one attached hydrogen (secondary N) is 1. The number of amides is 1. The first kappa shape index (κ1) is 13.0. The van der Waals surface area contributed by atoms with Crippen molar-refractivity contribution in [1.29, 1.82) is 0 Å². The summed E-state index contributed by atoms with van der Waals surface area (Å²) >= 11 is 5.67. The van der Waals surface area contributed by atoms with Gasteiger partial charge in [0.1, 0.15) is 0 Å². The van der Waals surface area contributed by atoms with E-state index in [0.29, 0.717) is 12.4 Å². The number of hydrogen-bond acceptors (Lipinski definition) is 5. The number of carbonyl (C=O) groups excluding carboxylic acids is 1. The highest BCUT2D eigenvalue weighted by atomic mass is 35.5. The van der Waals surface area contributed by atoms with E-state index >= 15 is 0 Å². The van der Waals surface area contributed by atoms with Crippen molar-refractivity contribution in [3.8, 4) is 0 Å². The summed E-state index contributed by atoms with van der Waals surface area (Å²) in [5.41, 5.74) is 5.60. The molecule has 1 aromatic rings. The Labute approximate surface area is 110 Å². The van der Waals surface area contributed by atoms with Crippen LogP contribution in [-0.4, -0.2) is 34.4 Å². The fourth-order valence-corrected chi connectivity index (χ4v) is 2.03. The van der Waals surface area contributed by atoms with Crippen LogP contribution < -0.4 is 11.1 Å².